The molecule has 28 heavy (non-hydrogen) atoms. The molecule has 0 atom stereocenters. The van der Waals surface area contributed by atoms with Gasteiger partial charge in [-0.1, -0.05) is 12.1 Å². The van der Waals surface area contributed by atoms with Crippen molar-refractivity contribution in [2.24, 2.45) is 0 Å². The molecule has 0 radical (unpaired) electrons. The second-order valence-electron chi connectivity index (χ2n) is 5.66. The van der Waals surface area contributed by atoms with Gasteiger partial charge >= 0.3 is 12.1 Å². The summed E-state index contributed by atoms with van der Waals surface area (Å²) in [7, 11) is 0. The van der Waals surface area contributed by atoms with Crippen LogP contribution >= 0.6 is 11.3 Å². The summed E-state index contributed by atoms with van der Waals surface area (Å²) in [5.41, 5.74) is -0.648. The second kappa shape index (κ2) is 9.32. The molecule has 1 aromatic heterocycles. The molecule has 1 heterocycles. The molecule has 2 rings (SSSR count). The summed E-state index contributed by atoms with van der Waals surface area (Å²) in [5, 5.41) is 2.61. The van der Waals surface area contributed by atoms with Crippen LogP contribution in [0.25, 0.3) is 6.08 Å². The fraction of sp³-hybridized carbons (Fsp3) is 0.211. The topological polar surface area (TPSA) is 72.5 Å². The van der Waals surface area contributed by atoms with Crippen molar-refractivity contribution in [3.63, 3.8) is 0 Å². The maximum Gasteiger partial charge on any atom is 0.416 e. The summed E-state index contributed by atoms with van der Waals surface area (Å²) in [4.78, 5) is 35.7. The van der Waals surface area contributed by atoms with Gasteiger partial charge in [0.15, 0.2) is 6.61 Å². The number of Topliss-reactive ketones (excluding diaryl/α,β-unsaturated/α-hetero) is 1. The van der Waals surface area contributed by atoms with Gasteiger partial charge in [0.05, 0.1) is 17.0 Å². The van der Waals surface area contributed by atoms with E-state index < -0.39 is 30.1 Å². The van der Waals surface area contributed by atoms with Crippen molar-refractivity contribution in [3.05, 3.63) is 63.4 Å². The quantitative estimate of drug-likeness (QED) is 0.427. The van der Waals surface area contributed by atoms with E-state index in [1.807, 2.05) is 0 Å². The summed E-state index contributed by atoms with van der Waals surface area (Å²) >= 11 is 1.17. The Morgan fingerprint density at radius 1 is 1.18 bits per heavy atom. The van der Waals surface area contributed by atoms with E-state index in [9.17, 15) is 27.6 Å². The molecule has 0 aliphatic rings. The summed E-state index contributed by atoms with van der Waals surface area (Å²) in [6.45, 7) is 1.19. The van der Waals surface area contributed by atoms with Crippen LogP contribution in [0.1, 0.15) is 32.6 Å². The molecule has 5 nitrogen and oxygen atoms in total. The van der Waals surface area contributed by atoms with Gasteiger partial charge in [-0.3, -0.25) is 9.59 Å². The molecule has 0 aliphatic carbocycles. The zero-order chi connectivity index (χ0) is 20.7. The average molecular weight is 411 g/mol. The minimum absolute atomic E-state index is 0.180. The van der Waals surface area contributed by atoms with E-state index in [0.29, 0.717) is 11.4 Å². The van der Waals surface area contributed by atoms with E-state index in [1.54, 1.807) is 12.1 Å². The van der Waals surface area contributed by atoms with Crippen LogP contribution in [-0.2, 0) is 27.0 Å². The van der Waals surface area contributed by atoms with Crippen molar-refractivity contribution in [1.29, 1.82) is 0 Å². The number of thiophene rings is 1. The number of carbonyl (C=O) groups excluding carboxylic acids is 3. The van der Waals surface area contributed by atoms with Crippen molar-refractivity contribution < 1.29 is 32.3 Å². The summed E-state index contributed by atoms with van der Waals surface area (Å²) in [6, 6.07) is 7.71. The van der Waals surface area contributed by atoms with Gasteiger partial charge in [-0.25, -0.2) is 4.79 Å². The number of alkyl halides is 3. The van der Waals surface area contributed by atoms with E-state index in [0.717, 1.165) is 23.1 Å². The van der Waals surface area contributed by atoms with E-state index in [2.05, 4.69) is 5.32 Å². The standard InChI is InChI=1S/C19H16F3NO4S/c1-12(24)23-10-15-6-7-17(28-15)16(25)11-27-18(26)8-5-13-3-2-4-14(9-13)19(20,21)22/h2-9H,10-11H2,1H3,(H,23,24)/b8-5+. The molecule has 0 spiro atoms. The number of ether oxygens (including phenoxy) is 1. The van der Waals surface area contributed by atoms with Crippen LogP contribution in [0.3, 0.4) is 0 Å². The average Bonchev–Trinajstić information content (AvgIpc) is 3.11. The first kappa shape index (κ1) is 21.4. The highest BCUT2D eigenvalue weighted by molar-refractivity contribution is 7.14. The minimum atomic E-state index is -4.48. The van der Waals surface area contributed by atoms with E-state index in [-0.39, 0.29) is 11.5 Å². The first-order valence-corrected chi connectivity index (χ1v) is 8.85. The van der Waals surface area contributed by atoms with Crippen LogP contribution in [0, 0.1) is 0 Å². The first-order chi connectivity index (χ1) is 13.1. The highest BCUT2D eigenvalue weighted by Gasteiger charge is 2.30. The summed E-state index contributed by atoms with van der Waals surface area (Å²) in [6.07, 6.45) is -2.34. The van der Waals surface area contributed by atoms with Gasteiger partial charge in [0.25, 0.3) is 0 Å². The molecule has 1 aromatic carbocycles. The fourth-order valence-electron chi connectivity index (χ4n) is 2.07. The lowest BCUT2D eigenvalue weighted by molar-refractivity contribution is -0.138. The number of esters is 1. The van der Waals surface area contributed by atoms with E-state index >= 15 is 0 Å². The number of rotatable bonds is 7. The van der Waals surface area contributed by atoms with Gasteiger partial charge in [-0.15, -0.1) is 11.3 Å². The Hall–Kier alpha value is -2.94. The monoisotopic (exact) mass is 411 g/mol. The molecule has 0 unspecified atom stereocenters. The van der Waals surface area contributed by atoms with Crippen LogP contribution in [0.2, 0.25) is 0 Å². The predicted octanol–water partition coefficient (Wildman–Crippen LogP) is 3.84. The summed E-state index contributed by atoms with van der Waals surface area (Å²) in [5.74, 6) is -1.46. The van der Waals surface area contributed by atoms with Gasteiger partial charge < -0.3 is 10.1 Å². The Morgan fingerprint density at radius 3 is 2.61 bits per heavy atom. The molecule has 148 valence electrons. The third kappa shape index (κ3) is 6.66. The number of benzene rings is 1. The van der Waals surface area contributed by atoms with Gasteiger partial charge in [-0.2, -0.15) is 13.2 Å². The lowest BCUT2D eigenvalue weighted by atomic mass is 10.1. The largest absolute Gasteiger partial charge is 0.454 e. The van der Waals surface area contributed by atoms with Crippen LogP contribution in [0.4, 0.5) is 13.2 Å². The smallest absolute Gasteiger partial charge is 0.416 e. The van der Waals surface area contributed by atoms with Crippen LogP contribution < -0.4 is 5.32 Å². The van der Waals surface area contributed by atoms with Crippen molar-refractivity contribution >= 4 is 35.1 Å². The number of amides is 1. The fourth-order valence-corrected chi connectivity index (χ4v) is 2.94. The highest BCUT2D eigenvalue weighted by atomic mass is 32.1. The maximum atomic E-state index is 12.7. The normalized spacial score (nSPS) is 11.4. The number of nitrogens with one attached hydrogen (secondary N) is 1. The number of halogens is 3. The number of hydrogen-bond acceptors (Lipinski definition) is 5. The van der Waals surface area contributed by atoms with Crippen molar-refractivity contribution in [2.75, 3.05) is 6.61 Å². The van der Waals surface area contributed by atoms with Crippen LogP contribution in [-0.4, -0.2) is 24.3 Å². The molecule has 2 aromatic rings. The maximum absolute atomic E-state index is 12.7. The molecular weight excluding hydrogens is 395 g/mol. The Labute approximate surface area is 162 Å². The first-order valence-electron chi connectivity index (χ1n) is 8.03. The Kier molecular flexibility index (Phi) is 7.11. The minimum Gasteiger partial charge on any atom is -0.454 e. The Balaban J connectivity index is 1.87. The molecule has 9 heteroatoms. The van der Waals surface area contributed by atoms with Gasteiger partial charge in [-0.05, 0) is 35.9 Å². The van der Waals surface area contributed by atoms with E-state index in [1.165, 1.54) is 36.5 Å². The summed E-state index contributed by atoms with van der Waals surface area (Å²) < 4.78 is 42.8. The Morgan fingerprint density at radius 2 is 1.93 bits per heavy atom. The SMILES string of the molecule is CC(=O)NCc1ccc(C(=O)COC(=O)/C=C/c2cccc(C(F)(F)F)c2)s1. The molecular formula is C19H16F3NO4S. The predicted molar refractivity (Wildman–Crippen MR) is 97.6 cm³/mol. The zero-order valence-electron chi connectivity index (χ0n) is 14.7. The molecule has 0 fully saturated rings. The van der Waals surface area contributed by atoms with Crippen molar-refractivity contribution in [2.45, 2.75) is 19.6 Å². The third-order valence-corrected chi connectivity index (χ3v) is 4.55. The zero-order valence-corrected chi connectivity index (χ0v) is 15.5. The number of ketones is 1. The lowest BCUT2D eigenvalue weighted by Crippen LogP contribution is -2.18. The third-order valence-electron chi connectivity index (χ3n) is 3.42. The second-order valence-corrected chi connectivity index (χ2v) is 6.83. The van der Waals surface area contributed by atoms with Crippen LogP contribution in [0.5, 0.6) is 0 Å². The Bertz CT molecular complexity index is 903. The van der Waals surface area contributed by atoms with Gasteiger partial charge in [0, 0.05) is 17.9 Å². The van der Waals surface area contributed by atoms with Crippen LogP contribution in [0.15, 0.2) is 42.5 Å². The highest BCUT2D eigenvalue weighted by Crippen LogP contribution is 2.29. The molecule has 1 N–H and O–H groups in total. The molecule has 0 saturated carbocycles. The molecule has 1 amide bonds. The van der Waals surface area contributed by atoms with E-state index in [4.69, 9.17) is 4.74 Å². The van der Waals surface area contributed by atoms with Crippen molar-refractivity contribution in [1.82, 2.24) is 5.32 Å². The van der Waals surface area contributed by atoms with Gasteiger partial charge in [0.2, 0.25) is 11.7 Å². The molecule has 0 bridgehead atoms. The number of hydrogen-bond donors (Lipinski definition) is 1. The molecule has 0 aliphatic heterocycles. The number of carbonyl (C=O) groups is 3. The molecule has 0 saturated heterocycles. The lowest BCUT2D eigenvalue weighted by Gasteiger charge is -2.06. The van der Waals surface area contributed by atoms with Crippen molar-refractivity contribution in [3.8, 4) is 0 Å². The van der Waals surface area contributed by atoms with Gasteiger partial charge in [0.1, 0.15) is 0 Å².